The molecule has 2 aliphatic carbocycles. The molecule has 124 valence electrons. The van der Waals surface area contributed by atoms with E-state index in [-0.39, 0.29) is 4.90 Å². The van der Waals surface area contributed by atoms with Gasteiger partial charge < -0.3 is 0 Å². The first-order valence-corrected chi connectivity index (χ1v) is 10.3. The first kappa shape index (κ1) is 16.1. The van der Waals surface area contributed by atoms with Crippen molar-refractivity contribution in [1.82, 2.24) is 0 Å². The van der Waals surface area contributed by atoms with Gasteiger partial charge in [-0.2, -0.15) is 0 Å². The standard InChI is InChI=1S/C19H18BrNO2S/c20-15-5-1-13(2-6-15)17-11-19(9-10-19)12-18(17)14-3-7-16(8-4-14)24(21,22)23/h1-8H,9-12H2,(H2,21,22,23). The van der Waals surface area contributed by atoms with Crippen LogP contribution in [-0.2, 0) is 10.0 Å². The van der Waals surface area contributed by atoms with E-state index in [0.717, 1.165) is 22.9 Å². The highest BCUT2D eigenvalue weighted by molar-refractivity contribution is 9.10. The van der Waals surface area contributed by atoms with Gasteiger partial charge in [-0.05, 0) is 77.6 Å². The maximum atomic E-state index is 11.5. The summed E-state index contributed by atoms with van der Waals surface area (Å²) in [7, 11) is -3.65. The van der Waals surface area contributed by atoms with E-state index in [9.17, 15) is 8.42 Å². The average molecular weight is 404 g/mol. The molecule has 1 spiro atoms. The van der Waals surface area contributed by atoms with Crippen LogP contribution in [0.4, 0.5) is 0 Å². The van der Waals surface area contributed by atoms with Crippen molar-refractivity contribution in [3.63, 3.8) is 0 Å². The highest BCUT2D eigenvalue weighted by Crippen LogP contribution is 2.63. The maximum absolute atomic E-state index is 11.5. The van der Waals surface area contributed by atoms with Crippen LogP contribution < -0.4 is 5.14 Å². The molecule has 3 nitrogen and oxygen atoms in total. The van der Waals surface area contributed by atoms with E-state index >= 15 is 0 Å². The molecule has 1 saturated carbocycles. The lowest BCUT2D eigenvalue weighted by Crippen LogP contribution is -2.11. The molecule has 0 aliphatic heterocycles. The zero-order valence-electron chi connectivity index (χ0n) is 13.1. The van der Waals surface area contributed by atoms with Gasteiger partial charge in [0, 0.05) is 4.47 Å². The SMILES string of the molecule is NS(=O)(=O)c1ccc(C2=C(c3ccc(Br)cc3)CC3(CC3)C2)cc1. The van der Waals surface area contributed by atoms with Gasteiger partial charge in [0.2, 0.25) is 10.0 Å². The van der Waals surface area contributed by atoms with Crippen LogP contribution in [0.25, 0.3) is 11.1 Å². The van der Waals surface area contributed by atoms with Gasteiger partial charge in [-0.1, -0.05) is 40.2 Å². The number of benzene rings is 2. The van der Waals surface area contributed by atoms with Gasteiger partial charge >= 0.3 is 0 Å². The molecule has 0 heterocycles. The van der Waals surface area contributed by atoms with E-state index in [4.69, 9.17) is 5.14 Å². The number of allylic oxidation sites excluding steroid dienone is 2. The predicted octanol–water partition coefficient (Wildman–Crippen LogP) is 4.58. The Balaban J connectivity index is 1.77. The lowest BCUT2D eigenvalue weighted by atomic mass is 9.97. The number of hydrogen-bond acceptors (Lipinski definition) is 2. The van der Waals surface area contributed by atoms with Gasteiger partial charge in [0.05, 0.1) is 4.90 Å². The van der Waals surface area contributed by atoms with E-state index in [1.807, 2.05) is 12.1 Å². The average Bonchev–Trinajstić information content (AvgIpc) is 3.19. The first-order valence-electron chi connectivity index (χ1n) is 7.98. The molecule has 0 radical (unpaired) electrons. The molecule has 5 heteroatoms. The van der Waals surface area contributed by atoms with Gasteiger partial charge in [-0.3, -0.25) is 0 Å². The van der Waals surface area contributed by atoms with Crippen molar-refractivity contribution >= 4 is 37.1 Å². The number of rotatable bonds is 3. The highest BCUT2D eigenvalue weighted by atomic mass is 79.9. The molecule has 24 heavy (non-hydrogen) atoms. The summed E-state index contributed by atoms with van der Waals surface area (Å²) in [6, 6.07) is 15.4. The van der Waals surface area contributed by atoms with Gasteiger partial charge in [0.1, 0.15) is 0 Å². The van der Waals surface area contributed by atoms with E-state index in [1.54, 1.807) is 12.1 Å². The highest BCUT2D eigenvalue weighted by Gasteiger charge is 2.48. The maximum Gasteiger partial charge on any atom is 0.238 e. The molecule has 0 unspecified atom stereocenters. The smallest absolute Gasteiger partial charge is 0.225 e. The summed E-state index contributed by atoms with van der Waals surface area (Å²) >= 11 is 3.49. The van der Waals surface area contributed by atoms with Crippen LogP contribution in [0.5, 0.6) is 0 Å². The van der Waals surface area contributed by atoms with Crippen molar-refractivity contribution in [2.24, 2.45) is 10.6 Å². The van der Waals surface area contributed by atoms with Gasteiger partial charge in [0.15, 0.2) is 0 Å². The van der Waals surface area contributed by atoms with Crippen LogP contribution in [0.1, 0.15) is 36.8 Å². The fourth-order valence-corrected chi connectivity index (χ4v) is 4.39. The summed E-state index contributed by atoms with van der Waals surface area (Å²) in [4.78, 5) is 0.163. The largest absolute Gasteiger partial charge is 0.238 e. The zero-order valence-corrected chi connectivity index (χ0v) is 15.5. The molecule has 2 aliphatic rings. The number of sulfonamides is 1. The van der Waals surface area contributed by atoms with Crippen molar-refractivity contribution in [2.75, 3.05) is 0 Å². The Morgan fingerprint density at radius 2 is 1.29 bits per heavy atom. The normalized spacial score (nSPS) is 19.1. The lowest BCUT2D eigenvalue weighted by molar-refractivity contribution is 0.568. The first-order chi connectivity index (χ1) is 11.4. The fraction of sp³-hybridized carbons (Fsp3) is 0.263. The van der Waals surface area contributed by atoms with Gasteiger partial charge in [-0.15, -0.1) is 0 Å². The quantitative estimate of drug-likeness (QED) is 0.814. The minimum atomic E-state index is -3.65. The van der Waals surface area contributed by atoms with Crippen LogP contribution in [0.15, 0.2) is 57.9 Å². The van der Waals surface area contributed by atoms with Crippen LogP contribution in [0.2, 0.25) is 0 Å². The number of halogens is 1. The Bertz CT molecular complexity index is 924. The Morgan fingerprint density at radius 1 is 0.833 bits per heavy atom. The van der Waals surface area contributed by atoms with Crippen molar-refractivity contribution in [3.05, 3.63) is 64.1 Å². The topological polar surface area (TPSA) is 60.2 Å². The minimum absolute atomic E-state index is 0.163. The third-order valence-corrected chi connectivity index (χ3v) is 6.61. The van der Waals surface area contributed by atoms with Crippen LogP contribution in [0, 0.1) is 5.41 Å². The molecule has 0 amide bonds. The van der Waals surface area contributed by atoms with Crippen LogP contribution in [0.3, 0.4) is 0 Å². The van der Waals surface area contributed by atoms with Crippen molar-refractivity contribution in [2.45, 2.75) is 30.6 Å². The molecular weight excluding hydrogens is 386 g/mol. The summed E-state index contributed by atoms with van der Waals surface area (Å²) in [6.07, 6.45) is 4.76. The summed E-state index contributed by atoms with van der Waals surface area (Å²) in [5.41, 5.74) is 5.53. The summed E-state index contributed by atoms with van der Waals surface area (Å²) < 4.78 is 24.0. The van der Waals surface area contributed by atoms with Crippen molar-refractivity contribution in [3.8, 4) is 0 Å². The van der Waals surface area contributed by atoms with Crippen molar-refractivity contribution < 1.29 is 8.42 Å². The van der Waals surface area contributed by atoms with Crippen LogP contribution in [-0.4, -0.2) is 8.42 Å². The number of primary sulfonamides is 1. The van der Waals surface area contributed by atoms with E-state index in [2.05, 4.69) is 40.2 Å². The summed E-state index contributed by atoms with van der Waals surface area (Å²) in [6.45, 7) is 0. The van der Waals surface area contributed by atoms with Crippen LogP contribution >= 0.6 is 15.9 Å². The Hall–Kier alpha value is -1.43. The summed E-state index contributed by atoms with van der Waals surface area (Å²) in [5, 5.41) is 5.20. The molecule has 2 aromatic carbocycles. The van der Waals surface area contributed by atoms with Gasteiger partial charge in [-0.25, -0.2) is 13.6 Å². The monoisotopic (exact) mass is 403 g/mol. The molecule has 1 fully saturated rings. The lowest BCUT2D eigenvalue weighted by Gasteiger charge is -2.09. The van der Waals surface area contributed by atoms with Crippen molar-refractivity contribution in [1.29, 1.82) is 0 Å². The van der Waals surface area contributed by atoms with E-state index in [1.165, 1.54) is 29.6 Å². The number of hydrogen-bond donors (Lipinski definition) is 1. The third-order valence-electron chi connectivity index (χ3n) is 5.15. The molecule has 0 bridgehead atoms. The number of nitrogens with two attached hydrogens (primary N) is 1. The Labute approximate surface area is 150 Å². The predicted molar refractivity (Wildman–Crippen MR) is 99.7 cm³/mol. The van der Waals surface area contributed by atoms with E-state index < -0.39 is 10.0 Å². The molecule has 4 rings (SSSR count). The molecular formula is C19H18BrNO2S. The third kappa shape index (κ3) is 2.96. The molecule has 0 atom stereocenters. The minimum Gasteiger partial charge on any atom is -0.225 e. The molecule has 2 N–H and O–H groups in total. The Morgan fingerprint density at radius 3 is 1.71 bits per heavy atom. The second-order valence-electron chi connectivity index (χ2n) is 6.89. The molecule has 0 aromatic heterocycles. The summed E-state index contributed by atoms with van der Waals surface area (Å²) in [5.74, 6) is 0. The fourth-order valence-electron chi connectivity index (χ4n) is 3.61. The molecule has 0 saturated heterocycles. The zero-order chi connectivity index (χ0) is 16.9. The second kappa shape index (κ2) is 5.55. The molecule has 2 aromatic rings. The van der Waals surface area contributed by atoms with E-state index in [0.29, 0.717) is 5.41 Å². The van der Waals surface area contributed by atoms with Gasteiger partial charge in [0.25, 0.3) is 0 Å². The second-order valence-corrected chi connectivity index (χ2v) is 9.36. The Kier molecular flexibility index (Phi) is 3.71.